The van der Waals surface area contributed by atoms with E-state index < -0.39 is 5.91 Å². The summed E-state index contributed by atoms with van der Waals surface area (Å²) in [7, 11) is 0. The van der Waals surface area contributed by atoms with E-state index in [0.717, 1.165) is 0 Å². The number of anilines is 1. The van der Waals surface area contributed by atoms with Gasteiger partial charge in [0.25, 0.3) is 5.91 Å². The van der Waals surface area contributed by atoms with Gasteiger partial charge in [0.15, 0.2) is 11.5 Å². The minimum absolute atomic E-state index is 0.0563. The van der Waals surface area contributed by atoms with Crippen molar-refractivity contribution >= 4 is 11.9 Å². The number of amides is 1. The van der Waals surface area contributed by atoms with Crippen molar-refractivity contribution < 1.29 is 23.1 Å². The Kier molecular flexibility index (Phi) is 3.77. The zero-order valence-electron chi connectivity index (χ0n) is 12.9. The van der Waals surface area contributed by atoms with E-state index >= 15 is 0 Å². The Morgan fingerprint density at radius 2 is 1.76 bits per heavy atom. The van der Waals surface area contributed by atoms with Crippen LogP contribution in [0.3, 0.4) is 0 Å². The standard InChI is InChI=1S/C17H12FN3O4/c18-12-4-1-10(2-5-12)16-20-21-17(25-16)19-15(22)11-3-6-13-14(9-11)24-8-7-23-13/h1-6,9H,7-8H2,(H,19,21,22). The Morgan fingerprint density at radius 1 is 1.00 bits per heavy atom. The van der Waals surface area contributed by atoms with Crippen molar-refractivity contribution in [1.29, 1.82) is 0 Å². The van der Waals surface area contributed by atoms with Gasteiger partial charge in [-0.1, -0.05) is 5.10 Å². The van der Waals surface area contributed by atoms with Gasteiger partial charge >= 0.3 is 6.01 Å². The Labute approximate surface area is 141 Å². The molecule has 4 rings (SSSR count). The predicted molar refractivity (Wildman–Crippen MR) is 85.1 cm³/mol. The van der Waals surface area contributed by atoms with E-state index in [1.807, 2.05) is 0 Å². The lowest BCUT2D eigenvalue weighted by molar-refractivity contribution is 0.102. The SMILES string of the molecule is O=C(Nc1nnc(-c2ccc(F)cc2)o1)c1ccc2c(c1)OCCO2. The number of benzene rings is 2. The molecule has 1 aromatic heterocycles. The second kappa shape index (κ2) is 6.23. The summed E-state index contributed by atoms with van der Waals surface area (Å²) in [5.74, 6) is 0.495. The molecule has 0 aliphatic carbocycles. The third kappa shape index (κ3) is 3.14. The number of aromatic nitrogens is 2. The molecule has 0 atom stereocenters. The van der Waals surface area contributed by atoms with Crippen molar-refractivity contribution in [3.05, 3.63) is 53.8 Å². The molecule has 1 aliphatic heterocycles. The van der Waals surface area contributed by atoms with E-state index in [2.05, 4.69) is 15.5 Å². The maximum atomic E-state index is 12.9. The average molecular weight is 341 g/mol. The van der Waals surface area contributed by atoms with Crippen LogP contribution in [0.5, 0.6) is 11.5 Å². The molecule has 1 N–H and O–H groups in total. The zero-order valence-corrected chi connectivity index (χ0v) is 12.9. The topological polar surface area (TPSA) is 86.5 Å². The van der Waals surface area contributed by atoms with Crippen LogP contribution in [0.25, 0.3) is 11.5 Å². The van der Waals surface area contributed by atoms with Crippen LogP contribution in [0, 0.1) is 5.82 Å². The molecule has 25 heavy (non-hydrogen) atoms. The van der Waals surface area contributed by atoms with Crippen LogP contribution in [0.2, 0.25) is 0 Å². The molecule has 2 heterocycles. The molecule has 2 aromatic carbocycles. The van der Waals surface area contributed by atoms with Gasteiger partial charge in [-0.3, -0.25) is 10.1 Å². The number of nitrogens with one attached hydrogen (secondary N) is 1. The highest BCUT2D eigenvalue weighted by molar-refractivity contribution is 6.03. The van der Waals surface area contributed by atoms with Gasteiger partial charge in [-0.15, -0.1) is 5.10 Å². The summed E-state index contributed by atoms with van der Waals surface area (Å²) in [6.45, 7) is 0.912. The van der Waals surface area contributed by atoms with Gasteiger partial charge in [0.2, 0.25) is 5.89 Å². The first-order valence-corrected chi connectivity index (χ1v) is 7.49. The Bertz CT molecular complexity index is 924. The first-order valence-electron chi connectivity index (χ1n) is 7.49. The van der Waals surface area contributed by atoms with E-state index in [1.165, 1.54) is 24.3 Å². The van der Waals surface area contributed by atoms with Gasteiger partial charge in [-0.25, -0.2) is 4.39 Å². The summed E-state index contributed by atoms with van der Waals surface area (Å²) in [6, 6.07) is 10.4. The molecule has 0 fully saturated rings. The monoisotopic (exact) mass is 341 g/mol. The molecule has 0 unspecified atom stereocenters. The number of hydrogen-bond acceptors (Lipinski definition) is 6. The lowest BCUT2D eigenvalue weighted by Crippen LogP contribution is -2.17. The van der Waals surface area contributed by atoms with E-state index in [0.29, 0.717) is 35.8 Å². The maximum absolute atomic E-state index is 12.9. The van der Waals surface area contributed by atoms with Gasteiger partial charge in [0.1, 0.15) is 19.0 Å². The fourth-order valence-corrected chi connectivity index (χ4v) is 2.34. The first kappa shape index (κ1) is 15.1. The molecule has 0 saturated heterocycles. The van der Waals surface area contributed by atoms with Crippen molar-refractivity contribution in [2.45, 2.75) is 0 Å². The lowest BCUT2D eigenvalue weighted by atomic mass is 10.2. The van der Waals surface area contributed by atoms with Crippen LogP contribution in [0.4, 0.5) is 10.4 Å². The highest BCUT2D eigenvalue weighted by Gasteiger charge is 2.17. The number of nitrogens with zero attached hydrogens (tertiary/aromatic N) is 2. The maximum Gasteiger partial charge on any atom is 0.322 e. The zero-order chi connectivity index (χ0) is 17.2. The molecule has 3 aromatic rings. The highest BCUT2D eigenvalue weighted by atomic mass is 19.1. The molecular formula is C17H12FN3O4. The average Bonchev–Trinajstić information content (AvgIpc) is 3.10. The van der Waals surface area contributed by atoms with Crippen LogP contribution in [0.15, 0.2) is 46.9 Å². The van der Waals surface area contributed by atoms with Crippen LogP contribution in [-0.2, 0) is 0 Å². The smallest absolute Gasteiger partial charge is 0.322 e. The summed E-state index contributed by atoms with van der Waals surface area (Å²) in [5.41, 5.74) is 0.916. The van der Waals surface area contributed by atoms with Crippen molar-refractivity contribution in [2.24, 2.45) is 0 Å². The Hall–Kier alpha value is -3.42. The van der Waals surface area contributed by atoms with Crippen molar-refractivity contribution in [2.75, 3.05) is 18.5 Å². The summed E-state index contributed by atoms with van der Waals surface area (Å²) in [4.78, 5) is 12.3. The molecule has 8 heteroatoms. The third-order valence-electron chi connectivity index (χ3n) is 3.54. The molecule has 0 saturated carbocycles. The van der Waals surface area contributed by atoms with Crippen molar-refractivity contribution in [1.82, 2.24) is 10.2 Å². The Morgan fingerprint density at radius 3 is 2.56 bits per heavy atom. The number of carbonyl (C=O) groups excluding carboxylic acids is 1. The molecule has 1 aliphatic rings. The quantitative estimate of drug-likeness (QED) is 0.788. The fraction of sp³-hybridized carbons (Fsp3) is 0.118. The van der Waals surface area contributed by atoms with E-state index in [4.69, 9.17) is 13.9 Å². The number of rotatable bonds is 3. The summed E-state index contributed by atoms with van der Waals surface area (Å²) >= 11 is 0. The summed E-state index contributed by atoms with van der Waals surface area (Å²) in [6.07, 6.45) is 0. The van der Waals surface area contributed by atoms with Gasteiger partial charge in [-0.2, -0.15) is 0 Å². The number of ether oxygens (including phenoxy) is 2. The van der Waals surface area contributed by atoms with Gasteiger partial charge in [-0.05, 0) is 42.5 Å². The largest absolute Gasteiger partial charge is 0.486 e. The minimum atomic E-state index is -0.425. The predicted octanol–water partition coefficient (Wildman–Crippen LogP) is 2.90. The van der Waals surface area contributed by atoms with Crippen LogP contribution in [0.1, 0.15) is 10.4 Å². The summed E-state index contributed by atoms with van der Waals surface area (Å²) in [5, 5.41) is 10.1. The highest BCUT2D eigenvalue weighted by Crippen LogP contribution is 2.31. The van der Waals surface area contributed by atoms with E-state index in [1.54, 1.807) is 18.2 Å². The molecular weight excluding hydrogens is 329 g/mol. The van der Waals surface area contributed by atoms with Crippen LogP contribution in [-0.4, -0.2) is 29.3 Å². The fourth-order valence-electron chi connectivity index (χ4n) is 2.34. The third-order valence-corrected chi connectivity index (χ3v) is 3.54. The van der Waals surface area contributed by atoms with Gasteiger partial charge in [0, 0.05) is 11.1 Å². The van der Waals surface area contributed by atoms with Crippen LogP contribution >= 0.6 is 0 Å². The van der Waals surface area contributed by atoms with Crippen molar-refractivity contribution in [3.8, 4) is 23.0 Å². The minimum Gasteiger partial charge on any atom is -0.486 e. The second-order valence-corrected chi connectivity index (χ2v) is 5.23. The number of fused-ring (bicyclic) bond motifs is 1. The number of hydrogen-bond donors (Lipinski definition) is 1. The molecule has 1 amide bonds. The van der Waals surface area contributed by atoms with E-state index in [9.17, 15) is 9.18 Å². The van der Waals surface area contributed by atoms with E-state index in [-0.39, 0.29) is 17.7 Å². The Balaban J connectivity index is 1.50. The van der Waals surface area contributed by atoms with Gasteiger partial charge in [0.05, 0.1) is 0 Å². The number of carbonyl (C=O) groups is 1. The van der Waals surface area contributed by atoms with Crippen molar-refractivity contribution in [3.63, 3.8) is 0 Å². The lowest BCUT2D eigenvalue weighted by Gasteiger charge is -2.18. The molecule has 0 radical (unpaired) electrons. The molecule has 7 nitrogen and oxygen atoms in total. The molecule has 126 valence electrons. The summed E-state index contributed by atoms with van der Waals surface area (Å²) < 4.78 is 29.2. The second-order valence-electron chi connectivity index (χ2n) is 5.23. The first-order chi connectivity index (χ1) is 12.2. The van der Waals surface area contributed by atoms with Crippen LogP contribution < -0.4 is 14.8 Å². The molecule has 0 spiro atoms. The normalized spacial score (nSPS) is 12.7. The van der Waals surface area contributed by atoms with Gasteiger partial charge < -0.3 is 13.9 Å². The number of halogens is 1. The molecule has 0 bridgehead atoms.